The minimum absolute atomic E-state index is 0.0531. The summed E-state index contributed by atoms with van der Waals surface area (Å²) in [5, 5.41) is 0. The maximum Gasteiger partial charge on any atom is 0.309 e. The second-order valence-corrected chi connectivity index (χ2v) is 20.5. The van der Waals surface area contributed by atoms with Gasteiger partial charge in [-0.05, 0) is 38.5 Å². The van der Waals surface area contributed by atoms with Crippen molar-refractivity contribution in [2.45, 2.75) is 330 Å². The van der Waals surface area contributed by atoms with Gasteiger partial charge in [-0.15, -0.1) is 0 Å². The lowest BCUT2D eigenvalue weighted by Gasteiger charge is -2.24. The monoisotopic (exact) mass is 919 g/mol. The van der Waals surface area contributed by atoms with Gasteiger partial charge in [0.2, 0.25) is 0 Å². The van der Waals surface area contributed by atoms with E-state index in [1.165, 1.54) is 167 Å². The molecular formula is C59H114O6. The van der Waals surface area contributed by atoms with Crippen LogP contribution in [0.15, 0.2) is 0 Å². The van der Waals surface area contributed by atoms with E-state index in [0.717, 1.165) is 116 Å². The zero-order chi connectivity index (χ0) is 47.7. The van der Waals surface area contributed by atoms with Crippen LogP contribution in [0, 0.1) is 17.8 Å². The number of carbonyl (C=O) groups excluding carboxylic acids is 3. The van der Waals surface area contributed by atoms with Crippen LogP contribution < -0.4 is 0 Å². The summed E-state index contributed by atoms with van der Waals surface area (Å²) in [7, 11) is 0. The number of carbonyl (C=O) groups is 3. The van der Waals surface area contributed by atoms with E-state index in [2.05, 4.69) is 41.5 Å². The van der Waals surface area contributed by atoms with E-state index >= 15 is 0 Å². The lowest BCUT2D eigenvalue weighted by molar-refractivity contribution is -0.172. The molecule has 0 amide bonds. The highest BCUT2D eigenvalue weighted by molar-refractivity contribution is 5.74. The predicted octanol–water partition coefficient (Wildman–Crippen LogP) is 19.1. The molecule has 0 saturated carbocycles. The SMILES string of the molecule is CCCCCCCCCC(CCCCCCCC)C(=O)OCC(COC(=O)C(CCCCCCCC)CCCCCCCCC)OC(=O)C(CCCCCCCC)CCCCCCCC. The van der Waals surface area contributed by atoms with Crippen LogP contribution >= 0.6 is 0 Å². The number of hydrogen-bond donors (Lipinski definition) is 0. The van der Waals surface area contributed by atoms with E-state index in [-0.39, 0.29) is 48.9 Å². The first kappa shape index (κ1) is 63.4. The minimum atomic E-state index is -0.798. The molecule has 0 aliphatic carbocycles. The summed E-state index contributed by atoms with van der Waals surface area (Å²) in [6.45, 7) is 13.4. The van der Waals surface area contributed by atoms with Crippen LogP contribution in [0.1, 0.15) is 324 Å². The Morgan fingerprint density at radius 1 is 0.262 bits per heavy atom. The Morgan fingerprint density at radius 3 is 0.662 bits per heavy atom. The molecule has 0 rings (SSSR count). The maximum absolute atomic E-state index is 14.2. The third kappa shape index (κ3) is 41.1. The van der Waals surface area contributed by atoms with Crippen LogP contribution in [0.25, 0.3) is 0 Å². The second kappa shape index (κ2) is 50.3. The van der Waals surface area contributed by atoms with Crippen molar-refractivity contribution in [2.24, 2.45) is 17.8 Å². The van der Waals surface area contributed by atoms with Crippen molar-refractivity contribution in [1.82, 2.24) is 0 Å². The summed E-state index contributed by atoms with van der Waals surface area (Å²) in [6, 6.07) is 0. The van der Waals surface area contributed by atoms with Gasteiger partial charge in [0.1, 0.15) is 13.2 Å². The molecule has 6 heteroatoms. The molecule has 0 bridgehead atoms. The van der Waals surface area contributed by atoms with Crippen molar-refractivity contribution in [3.05, 3.63) is 0 Å². The molecule has 0 N–H and O–H groups in total. The van der Waals surface area contributed by atoms with Gasteiger partial charge in [-0.3, -0.25) is 14.4 Å². The van der Waals surface area contributed by atoms with Gasteiger partial charge in [-0.2, -0.15) is 0 Å². The Hall–Kier alpha value is -1.59. The van der Waals surface area contributed by atoms with Gasteiger partial charge in [0.15, 0.2) is 6.10 Å². The van der Waals surface area contributed by atoms with Gasteiger partial charge in [0, 0.05) is 0 Å². The third-order valence-electron chi connectivity index (χ3n) is 14.0. The molecule has 0 saturated heterocycles. The average Bonchev–Trinajstić information content (AvgIpc) is 3.31. The van der Waals surface area contributed by atoms with Crippen LogP contribution in [-0.4, -0.2) is 37.2 Å². The highest BCUT2D eigenvalue weighted by Gasteiger charge is 2.28. The van der Waals surface area contributed by atoms with Gasteiger partial charge in [-0.1, -0.05) is 286 Å². The molecule has 6 nitrogen and oxygen atoms in total. The summed E-state index contributed by atoms with van der Waals surface area (Å²) < 4.78 is 18.6. The number of unbranched alkanes of at least 4 members (excludes halogenated alkanes) is 32. The van der Waals surface area contributed by atoms with Crippen molar-refractivity contribution < 1.29 is 28.6 Å². The Bertz CT molecular complexity index is 943. The van der Waals surface area contributed by atoms with E-state index in [4.69, 9.17) is 14.2 Å². The Morgan fingerprint density at radius 2 is 0.446 bits per heavy atom. The number of rotatable bonds is 52. The molecule has 0 aliphatic heterocycles. The number of esters is 3. The van der Waals surface area contributed by atoms with Gasteiger partial charge in [-0.25, -0.2) is 0 Å². The standard InChI is InChI=1S/C59H114O6/c1-7-13-19-25-31-37-41-47-53(45-39-33-27-21-15-9-3)57(60)63-51-56(65-59(62)55(49-43-35-29-23-17-11-5)50-44-36-30-24-18-12-6)52-64-58(61)54(46-40-34-28-22-16-10-4)48-42-38-32-26-20-14-8-2/h53-56H,7-52H2,1-6H3. The smallest absolute Gasteiger partial charge is 0.309 e. The molecule has 0 aromatic carbocycles. The van der Waals surface area contributed by atoms with Crippen LogP contribution in [0.5, 0.6) is 0 Å². The van der Waals surface area contributed by atoms with Crippen molar-refractivity contribution >= 4 is 17.9 Å². The normalized spacial score (nSPS) is 13.0. The second-order valence-electron chi connectivity index (χ2n) is 20.5. The number of hydrogen-bond acceptors (Lipinski definition) is 6. The lowest BCUT2D eigenvalue weighted by atomic mass is 9.94. The molecular weight excluding hydrogens is 805 g/mol. The van der Waals surface area contributed by atoms with E-state index in [1.54, 1.807) is 0 Å². The average molecular weight is 920 g/mol. The molecule has 0 heterocycles. The van der Waals surface area contributed by atoms with E-state index < -0.39 is 6.10 Å². The van der Waals surface area contributed by atoms with Crippen LogP contribution in [-0.2, 0) is 28.6 Å². The highest BCUT2D eigenvalue weighted by Crippen LogP contribution is 2.25. The first-order valence-corrected chi connectivity index (χ1v) is 29.4. The maximum atomic E-state index is 14.2. The highest BCUT2D eigenvalue weighted by atomic mass is 16.6. The zero-order valence-electron chi connectivity index (χ0n) is 44.8. The van der Waals surface area contributed by atoms with Crippen molar-refractivity contribution in [3.8, 4) is 0 Å². The van der Waals surface area contributed by atoms with Crippen LogP contribution in [0.4, 0.5) is 0 Å². The first-order chi connectivity index (χ1) is 31.9. The minimum Gasteiger partial charge on any atom is -0.461 e. The lowest BCUT2D eigenvalue weighted by Crippen LogP contribution is -2.35. The van der Waals surface area contributed by atoms with E-state index in [9.17, 15) is 14.4 Å². The summed E-state index contributed by atoms with van der Waals surface area (Å²) >= 11 is 0. The molecule has 0 aromatic rings. The Balaban J connectivity index is 6.08. The van der Waals surface area contributed by atoms with Crippen molar-refractivity contribution in [1.29, 1.82) is 0 Å². The Labute approximate surface area is 406 Å². The van der Waals surface area contributed by atoms with Gasteiger partial charge < -0.3 is 14.2 Å². The summed E-state index contributed by atoms with van der Waals surface area (Å²) in [4.78, 5) is 42.1. The molecule has 0 aliphatic rings. The first-order valence-electron chi connectivity index (χ1n) is 29.4. The molecule has 0 radical (unpaired) electrons. The van der Waals surface area contributed by atoms with Crippen LogP contribution in [0.2, 0.25) is 0 Å². The van der Waals surface area contributed by atoms with Gasteiger partial charge >= 0.3 is 17.9 Å². The largest absolute Gasteiger partial charge is 0.461 e. The third-order valence-corrected chi connectivity index (χ3v) is 14.0. The van der Waals surface area contributed by atoms with Crippen molar-refractivity contribution in [3.63, 3.8) is 0 Å². The molecule has 0 fully saturated rings. The fourth-order valence-corrected chi connectivity index (χ4v) is 9.48. The zero-order valence-corrected chi connectivity index (χ0v) is 44.8. The summed E-state index contributed by atoms with van der Waals surface area (Å²) in [5.41, 5.74) is 0. The fraction of sp³-hybridized carbons (Fsp3) is 0.949. The van der Waals surface area contributed by atoms with Gasteiger partial charge in [0.25, 0.3) is 0 Å². The summed E-state index contributed by atoms with van der Waals surface area (Å²) in [6.07, 6.45) is 49.8. The molecule has 2 unspecified atom stereocenters. The van der Waals surface area contributed by atoms with Crippen molar-refractivity contribution in [2.75, 3.05) is 13.2 Å². The van der Waals surface area contributed by atoms with Crippen LogP contribution in [0.3, 0.4) is 0 Å². The van der Waals surface area contributed by atoms with E-state index in [0.29, 0.717) is 0 Å². The number of ether oxygens (including phenoxy) is 3. The predicted molar refractivity (Wildman–Crippen MR) is 279 cm³/mol. The molecule has 2 atom stereocenters. The summed E-state index contributed by atoms with van der Waals surface area (Å²) in [5.74, 6) is -1.03. The fourth-order valence-electron chi connectivity index (χ4n) is 9.48. The van der Waals surface area contributed by atoms with Gasteiger partial charge in [0.05, 0.1) is 17.8 Å². The Kier molecular flexibility index (Phi) is 49.1. The molecule has 0 aromatic heterocycles. The molecule has 65 heavy (non-hydrogen) atoms. The van der Waals surface area contributed by atoms with E-state index in [1.807, 2.05) is 0 Å². The quantitative estimate of drug-likeness (QED) is 0.0344. The molecule has 0 spiro atoms. The molecule has 386 valence electrons. The topological polar surface area (TPSA) is 78.9 Å².